The highest BCUT2D eigenvalue weighted by Gasteiger charge is 2.61. The molecule has 2 fully saturated rings. The number of ether oxygens (including phenoxy) is 1. The molecule has 0 aromatic carbocycles. The maximum absolute atomic E-state index is 13.0. The lowest BCUT2D eigenvalue weighted by Crippen LogP contribution is -2.47. The Morgan fingerprint density at radius 1 is 1.31 bits per heavy atom. The predicted molar refractivity (Wildman–Crippen MR) is 95.6 cm³/mol. The molecular weight excluding hydrogens is 334 g/mol. The zero-order chi connectivity index (χ0) is 19.1. The van der Waals surface area contributed by atoms with E-state index in [0.717, 1.165) is 18.5 Å². The molecule has 0 N–H and O–H groups in total. The van der Waals surface area contributed by atoms with E-state index in [9.17, 15) is 14.4 Å². The van der Waals surface area contributed by atoms with E-state index in [2.05, 4.69) is 4.98 Å². The standard InChI is InChI=1S/C19H27N3O4/c1-5-19(17(24)26-6-2)10-14-7-8-15(19)22(14)16(23)11-21-13(4)9-12(3)20-18(21)25/h9,14-15H,5-8,10-11H2,1-4H3/t14-,15+,19+/m1/s1. The summed E-state index contributed by atoms with van der Waals surface area (Å²) in [7, 11) is 0. The van der Waals surface area contributed by atoms with Crippen LogP contribution in [0.25, 0.3) is 0 Å². The second kappa shape index (κ2) is 6.85. The molecule has 0 aliphatic carbocycles. The van der Waals surface area contributed by atoms with E-state index in [1.165, 1.54) is 4.57 Å². The third-order valence-corrected chi connectivity index (χ3v) is 5.98. The van der Waals surface area contributed by atoms with Crippen molar-refractivity contribution in [1.29, 1.82) is 0 Å². The Morgan fingerprint density at radius 2 is 2.04 bits per heavy atom. The predicted octanol–water partition coefficient (Wildman–Crippen LogP) is 1.58. The van der Waals surface area contributed by atoms with Crippen LogP contribution in [0.4, 0.5) is 0 Å². The molecule has 1 amide bonds. The summed E-state index contributed by atoms with van der Waals surface area (Å²) in [6.45, 7) is 7.66. The monoisotopic (exact) mass is 361 g/mol. The Balaban J connectivity index is 1.85. The number of hydrogen-bond acceptors (Lipinski definition) is 5. The molecule has 2 bridgehead atoms. The first kappa shape index (κ1) is 18.6. The number of carbonyl (C=O) groups is 2. The average molecular weight is 361 g/mol. The molecule has 2 saturated heterocycles. The van der Waals surface area contributed by atoms with Crippen LogP contribution in [-0.2, 0) is 20.9 Å². The number of fused-ring (bicyclic) bond motifs is 2. The Hall–Kier alpha value is -2.18. The van der Waals surface area contributed by atoms with Crippen molar-refractivity contribution in [2.75, 3.05) is 6.61 Å². The van der Waals surface area contributed by atoms with Crippen LogP contribution in [0.15, 0.2) is 10.9 Å². The fourth-order valence-electron chi connectivity index (χ4n) is 4.76. The van der Waals surface area contributed by atoms with E-state index in [-0.39, 0.29) is 30.5 Å². The van der Waals surface area contributed by atoms with Crippen LogP contribution < -0.4 is 5.69 Å². The largest absolute Gasteiger partial charge is 0.466 e. The quantitative estimate of drug-likeness (QED) is 0.744. The van der Waals surface area contributed by atoms with Gasteiger partial charge in [-0.3, -0.25) is 14.2 Å². The van der Waals surface area contributed by atoms with Gasteiger partial charge in [-0.25, -0.2) is 4.79 Å². The molecule has 3 heterocycles. The van der Waals surface area contributed by atoms with Gasteiger partial charge in [0, 0.05) is 23.5 Å². The highest BCUT2D eigenvalue weighted by molar-refractivity contribution is 5.83. The third-order valence-electron chi connectivity index (χ3n) is 5.98. The SMILES string of the molecule is CCOC(=O)[C@@]1(CC)C[C@H]2CC[C@@H]1N2C(=O)Cn1c(C)cc(C)nc1=O. The van der Waals surface area contributed by atoms with E-state index < -0.39 is 11.1 Å². The molecule has 2 aliphatic heterocycles. The maximum Gasteiger partial charge on any atom is 0.348 e. The number of esters is 1. The van der Waals surface area contributed by atoms with Gasteiger partial charge >= 0.3 is 11.7 Å². The molecule has 0 radical (unpaired) electrons. The normalized spacial score (nSPS) is 27.0. The minimum absolute atomic E-state index is 0.0342. The Kier molecular flexibility index (Phi) is 4.90. The van der Waals surface area contributed by atoms with Crippen LogP contribution in [0.2, 0.25) is 0 Å². The van der Waals surface area contributed by atoms with E-state index in [1.807, 2.05) is 11.8 Å². The highest BCUT2D eigenvalue weighted by atomic mass is 16.5. The number of amides is 1. The van der Waals surface area contributed by atoms with Crippen molar-refractivity contribution in [3.05, 3.63) is 27.9 Å². The highest BCUT2D eigenvalue weighted by Crippen LogP contribution is 2.52. The average Bonchev–Trinajstić information content (AvgIpc) is 3.14. The molecule has 7 heteroatoms. The summed E-state index contributed by atoms with van der Waals surface area (Å²) in [5, 5.41) is 0. The van der Waals surface area contributed by atoms with Gasteiger partial charge in [-0.2, -0.15) is 4.98 Å². The van der Waals surface area contributed by atoms with Gasteiger partial charge in [-0.1, -0.05) is 6.92 Å². The molecule has 1 aromatic rings. The molecule has 142 valence electrons. The summed E-state index contributed by atoms with van der Waals surface area (Å²) in [5.41, 5.74) is 0.342. The minimum atomic E-state index is -0.611. The summed E-state index contributed by atoms with van der Waals surface area (Å²) in [6.07, 6.45) is 3.02. The van der Waals surface area contributed by atoms with Gasteiger partial charge in [0.05, 0.1) is 12.0 Å². The Morgan fingerprint density at radius 3 is 2.65 bits per heavy atom. The van der Waals surface area contributed by atoms with E-state index in [4.69, 9.17) is 4.74 Å². The summed E-state index contributed by atoms with van der Waals surface area (Å²) in [5.74, 6) is -0.314. The van der Waals surface area contributed by atoms with Crippen LogP contribution in [0.1, 0.15) is 50.9 Å². The number of rotatable bonds is 5. The molecule has 7 nitrogen and oxygen atoms in total. The van der Waals surface area contributed by atoms with Crippen LogP contribution in [0.3, 0.4) is 0 Å². The molecule has 0 saturated carbocycles. The van der Waals surface area contributed by atoms with Crippen molar-refractivity contribution in [2.45, 2.75) is 72.0 Å². The van der Waals surface area contributed by atoms with E-state index in [0.29, 0.717) is 25.1 Å². The third kappa shape index (κ3) is 2.83. The van der Waals surface area contributed by atoms with Crippen LogP contribution >= 0.6 is 0 Å². The second-order valence-corrected chi connectivity index (χ2v) is 7.39. The van der Waals surface area contributed by atoms with Crippen molar-refractivity contribution in [3.8, 4) is 0 Å². The first-order valence-corrected chi connectivity index (χ1v) is 9.37. The lowest BCUT2D eigenvalue weighted by atomic mass is 9.72. The van der Waals surface area contributed by atoms with Crippen LogP contribution in [-0.4, -0.2) is 45.0 Å². The van der Waals surface area contributed by atoms with Crippen molar-refractivity contribution < 1.29 is 14.3 Å². The molecule has 1 aromatic heterocycles. The van der Waals surface area contributed by atoms with Crippen molar-refractivity contribution >= 4 is 11.9 Å². The number of carbonyl (C=O) groups excluding carboxylic acids is 2. The summed E-state index contributed by atoms with van der Waals surface area (Å²) in [6, 6.07) is 1.70. The fraction of sp³-hybridized carbons (Fsp3) is 0.684. The van der Waals surface area contributed by atoms with E-state index in [1.54, 1.807) is 26.8 Å². The molecule has 3 atom stereocenters. The molecule has 3 rings (SSSR count). The van der Waals surface area contributed by atoms with Gasteiger partial charge < -0.3 is 9.64 Å². The van der Waals surface area contributed by atoms with Crippen LogP contribution in [0.5, 0.6) is 0 Å². The van der Waals surface area contributed by atoms with Gasteiger partial charge in [0.1, 0.15) is 6.54 Å². The molecular formula is C19H27N3O4. The zero-order valence-electron chi connectivity index (χ0n) is 15.9. The smallest absolute Gasteiger partial charge is 0.348 e. The maximum atomic E-state index is 13.0. The molecule has 0 spiro atoms. The Bertz CT molecular complexity index is 787. The summed E-state index contributed by atoms with van der Waals surface area (Å²) < 4.78 is 6.74. The van der Waals surface area contributed by atoms with Gasteiger partial charge in [0.2, 0.25) is 5.91 Å². The Labute approximate surface area is 153 Å². The first-order chi connectivity index (χ1) is 12.3. The fourth-order valence-corrected chi connectivity index (χ4v) is 4.76. The second-order valence-electron chi connectivity index (χ2n) is 7.39. The lowest BCUT2D eigenvalue weighted by Gasteiger charge is -2.34. The van der Waals surface area contributed by atoms with Crippen molar-refractivity contribution in [3.63, 3.8) is 0 Å². The topological polar surface area (TPSA) is 81.5 Å². The number of hydrogen-bond donors (Lipinski definition) is 0. The molecule has 2 aliphatic rings. The molecule has 26 heavy (non-hydrogen) atoms. The zero-order valence-corrected chi connectivity index (χ0v) is 15.9. The minimum Gasteiger partial charge on any atom is -0.466 e. The van der Waals surface area contributed by atoms with E-state index >= 15 is 0 Å². The van der Waals surface area contributed by atoms with Crippen molar-refractivity contribution in [1.82, 2.24) is 14.5 Å². The number of nitrogens with zero attached hydrogens (tertiary/aromatic N) is 3. The molecule has 0 unspecified atom stereocenters. The van der Waals surface area contributed by atoms with Gasteiger partial charge in [0.25, 0.3) is 0 Å². The summed E-state index contributed by atoms with van der Waals surface area (Å²) in [4.78, 5) is 43.6. The van der Waals surface area contributed by atoms with Gasteiger partial charge in [-0.15, -0.1) is 0 Å². The summed E-state index contributed by atoms with van der Waals surface area (Å²) >= 11 is 0. The van der Waals surface area contributed by atoms with Gasteiger partial charge in [-0.05, 0) is 52.5 Å². The van der Waals surface area contributed by atoms with Gasteiger partial charge in [0.15, 0.2) is 0 Å². The lowest BCUT2D eigenvalue weighted by molar-refractivity contribution is -0.158. The van der Waals surface area contributed by atoms with Crippen molar-refractivity contribution in [2.24, 2.45) is 5.41 Å². The first-order valence-electron chi connectivity index (χ1n) is 9.37. The van der Waals surface area contributed by atoms with Crippen LogP contribution in [0, 0.1) is 19.3 Å². The number of aromatic nitrogens is 2. The number of aryl methyl sites for hydroxylation is 2.